The van der Waals surface area contributed by atoms with E-state index in [1.807, 2.05) is 17.0 Å². The molecule has 1 aliphatic rings. The summed E-state index contributed by atoms with van der Waals surface area (Å²) in [6.07, 6.45) is 1.16. The van der Waals surface area contributed by atoms with Gasteiger partial charge in [0.05, 0.1) is 6.42 Å². The Kier molecular flexibility index (Phi) is 3.50. The highest BCUT2D eigenvalue weighted by atomic mass is 19.1. The molecule has 0 aromatic heterocycles. The number of hydrogen-bond acceptors (Lipinski definition) is 1. The summed E-state index contributed by atoms with van der Waals surface area (Å²) in [5.74, 6) is -0.232. The molecular weight excluding hydrogens is 253 g/mol. The third-order valence-electron chi connectivity index (χ3n) is 3.73. The molecule has 0 unspecified atom stereocenters. The number of rotatable bonds is 2. The van der Waals surface area contributed by atoms with Gasteiger partial charge >= 0.3 is 0 Å². The van der Waals surface area contributed by atoms with E-state index in [9.17, 15) is 9.18 Å². The van der Waals surface area contributed by atoms with E-state index in [-0.39, 0.29) is 18.1 Å². The van der Waals surface area contributed by atoms with Crippen LogP contribution in [-0.4, -0.2) is 17.4 Å². The zero-order valence-electron chi connectivity index (χ0n) is 11.2. The molecule has 1 heterocycles. The van der Waals surface area contributed by atoms with Gasteiger partial charge in [0.25, 0.3) is 0 Å². The molecule has 0 spiro atoms. The quantitative estimate of drug-likeness (QED) is 0.821. The van der Waals surface area contributed by atoms with Crippen LogP contribution in [0.5, 0.6) is 0 Å². The van der Waals surface area contributed by atoms with Crippen LogP contribution in [0.3, 0.4) is 0 Å². The van der Waals surface area contributed by atoms with Crippen LogP contribution in [0.15, 0.2) is 48.5 Å². The maximum absolute atomic E-state index is 13.1. The van der Waals surface area contributed by atoms with E-state index in [0.717, 1.165) is 18.5 Å². The lowest BCUT2D eigenvalue weighted by Crippen LogP contribution is -2.36. The predicted molar refractivity (Wildman–Crippen MR) is 75.7 cm³/mol. The summed E-state index contributed by atoms with van der Waals surface area (Å²) in [6.45, 7) is 1.40. The first-order valence-corrected chi connectivity index (χ1v) is 6.81. The van der Waals surface area contributed by atoms with Gasteiger partial charge in [-0.05, 0) is 35.2 Å². The molecule has 0 atom stereocenters. The molecule has 3 heteroatoms. The third-order valence-corrected chi connectivity index (χ3v) is 3.73. The van der Waals surface area contributed by atoms with E-state index in [1.165, 1.54) is 23.3 Å². The van der Waals surface area contributed by atoms with Crippen LogP contribution in [0.1, 0.15) is 16.7 Å². The van der Waals surface area contributed by atoms with Crippen LogP contribution in [0.2, 0.25) is 0 Å². The SMILES string of the molecule is O=C(Cc1cccc(F)c1)N1CCc2ccccc2C1. The van der Waals surface area contributed by atoms with Gasteiger partial charge in [0.1, 0.15) is 5.82 Å². The molecule has 0 bridgehead atoms. The van der Waals surface area contributed by atoms with Crippen molar-refractivity contribution in [3.05, 3.63) is 71.0 Å². The Morgan fingerprint density at radius 1 is 1.10 bits per heavy atom. The number of benzene rings is 2. The highest BCUT2D eigenvalue weighted by Crippen LogP contribution is 2.19. The van der Waals surface area contributed by atoms with Gasteiger partial charge in [-0.2, -0.15) is 0 Å². The zero-order valence-corrected chi connectivity index (χ0v) is 11.2. The zero-order chi connectivity index (χ0) is 13.9. The molecule has 0 fully saturated rings. The topological polar surface area (TPSA) is 20.3 Å². The first-order valence-electron chi connectivity index (χ1n) is 6.81. The van der Waals surface area contributed by atoms with Crippen molar-refractivity contribution in [2.45, 2.75) is 19.4 Å². The lowest BCUT2D eigenvalue weighted by atomic mass is 9.99. The van der Waals surface area contributed by atoms with Crippen molar-refractivity contribution in [1.82, 2.24) is 4.90 Å². The van der Waals surface area contributed by atoms with Crippen molar-refractivity contribution < 1.29 is 9.18 Å². The van der Waals surface area contributed by atoms with E-state index < -0.39 is 0 Å². The maximum atomic E-state index is 13.1. The first kappa shape index (κ1) is 12.9. The Morgan fingerprint density at radius 3 is 2.70 bits per heavy atom. The summed E-state index contributed by atoms with van der Waals surface area (Å²) in [4.78, 5) is 14.1. The number of halogens is 1. The lowest BCUT2D eigenvalue weighted by molar-refractivity contribution is -0.131. The molecule has 1 aliphatic heterocycles. The van der Waals surface area contributed by atoms with Crippen molar-refractivity contribution in [2.24, 2.45) is 0 Å². The van der Waals surface area contributed by atoms with Crippen LogP contribution in [-0.2, 0) is 24.2 Å². The first-order chi connectivity index (χ1) is 9.72. The van der Waals surface area contributed by atoms with Crippen molar-refractivity contribution in [1.29, 1.82) is 0 Å². The van der Waals surface area contributed by atoms with Crippen LogP contribution < -0.4 is 0 Å². The Balaban J connectivity index is 1.70. The molecule has 3 rings (SSSR count). The normalized spacial score (nSPS) is 13.9. The second kappa shape index (κ2) is 5.45. The molecule has 0 radical (unpaired) electrons. The molecule has 102 valence electrons. The van der Waals surface area contributed by atoms with Gasteiger partial charge in [0.15, 0.2) is 0 Å². The highest BCUT2D eigenvalue weighted by molar-refractivity contribution is 5.79. The number of nitrogens with zero attached hydrogens (tertiary/aromatic N) is 1. The van der Waals surface area contributed by atoms with Crippen LogP contribution in [0.4, 0.5) is 4.39 Å². The Labute approximate surface area is 117 Å². The Bertz CT molecular complexity index is 638. The molecule has 1 amide bonds. The van der Waals surface area contributed by atoms with E-state index in [1.54, 1.807) is 12.1 Å². The maximum Gasteiger partial charge on any atom is 0.227 e. The summed E-state index contributed by atoms with van der Waals surface area (Å²) >= 11 is 0. The smallest absolute Gasteiger partial charge is 0.227 e. The van der Waals surface area contributed by atoms with Gasteiger partial charge in [-0.3, -0.25) is 4.79 Å². The summed E-state index contributed by atoms with van der Waals surface area (Å²) in [5, 5.41) is 0. The molecular formula is C17H16FNO. The Hall–Kier alpha value is -2.16. The summed E-state index contributed by atoms with van der Waals surface area (Å²) in [7, 11) is 0. The molecule has 2 nitrogen and oxygen atoms in total. The van der Waals surface area contributed by atoms with Gasteiger partial charge in [-0.15, -0.1) is 0 Å². The lowest BCUT2D eigenvalue weighted by Gasteiger charge is -2.29. The number of fused-ring (bicyclic) bond motifs is 1. The third kappa shape index (κ3) is 2.72. The predicted octanol–water partition coefficient (Wildman–Crippen LogP) is 2.95. The average molecular weight is 269 g/mol. The van der Waals surface area contributed by atoms with E-state index in [4.69, 9.17) is 0 Å². The van der Waals surface area contributed by atoms with Gasteiger partial charge in [-0.1, -0.05) is 36.4 Å². The van der Waals surface area contributed by atoms with Gasteiger partial charge < -0.3 is 4.90 Å². The fourth-order valence-electron chi connectivity index (χ4n) is 2.64. The fraction of sp³-hybridized carbons (Fsp3) is 0.235. The molecule has 0 saturated heterocycles. The van der Waals surface area contributed by atoms with Crippen molar-refractivity contribution in [3.8, 4) is 0 Å². The molecule has 2 aromatic carbocycles. The van der Waals surface area contributed by atoms with Crippen molar-refractivity contribution >= 4 is 5.91 Å². The van der Waals surface area contributed by atoms with Gasteiger partial charge in [0.2, 0.25) is 5.91 Å². The molecule has 0 N–H and O–H groups in total. The molecule has 0 saturated carbocycles. The van der Waals surface area contributed by atoms with E-state index in [2.05, 4.69) is 12.1 Å². The minimum absolute atomic E-state index is 0.0603. The second-order valence-electron chi connectivity index (χ2n) is 5.14. The van der Waals surface area contributed by atoms with Crippen LogP contribution >= 0.6 is 0 Å². The van der Waals surface area contributed by atoms with Gasteiger partial charge in [-0.25, -0.2) is 4.39 Å². The molecule has 20 heavy (non-hydrogen) atoms. The summed E-state index contributed by atoms with van der Waals surface area (Å²) < 4.78 is 13.1. The number of carbonyl (C=O) groups is 1. The van der Waals surface area contributed by atoms with Crippen LogP contribution in [0.25, 0.3) is 0 Å². The minimum atomic E-state index is -0.292. The van der Waals surface area contributed by atoms with E-state index in [0.29, 0.717) is 6.54 Å². The highest BCUT2D eigenvalue weighted by Gasteiger charge is 2.20. The Morgan fingerprint density at radius 2 is 1.90 bits per heavy atom. The van der Waals surface area contributed by atoms with Crippen molar-refractivity contribution in [2.75, 3.05) is 6.54 Å². The van der Waals surface area contributed by atoms with Crippen molar-refractivity contribution in [3.63, 3.8) is 0 Å². The summed E-state index contributed by atoms with van der Waals surface area (Å²) in [5.41, 5.74) is 3.27. The number of hydrogen-bond donors (Lipinski definition) is 0. The van der Waals surface area contributed by atoms with E-state index >= 15 is 0 Å². The van der Waals surface area contributed by atoms with Crippen LogP contribution in [0, 0.1) is 5.82 Å². The van der Waals surface area contributed by atoms with Gasteiger partial charge in [0, 0.05) is 13.1 Å². The molecule has 2 aromatic rings. The fourth-order valence-corrected chi connectivity index (χ4v) is 2.64. The standard InChI is InChI=1S/C17H16FNO/c18-16-7-3-4-13(10-16)11-17(20)19-9-8-14-5-1-2-6-15(14)12-19/h1-7,10H,8-9,11-12H2. The largest absolute Gasteiger partial charge is 0.338 e. The monoisotopic (exact) mass is 269 g/mol. The number of amides is 1. The molecule has 0 aliphatic carbocycles. The summed E-state index contributed by atoms with van der Waals surface area (Å²) in [6, 6.07) is 14.5. The minimum Gasteiger partial charge on any atom is -0.338 e. The second-order valence-corrected chi connectivity index (χ2v) is 5.14. The average Bonchev–Trinajstić information content (AvgIpc) is 2.47. The number of carbonyl (C=O) groups excluding carboxylic acids is 1.